The highest BCUT2D eigenvalue weighted by Crippen LogP contribution is 2.14. The van der Waals surface area contributed by atoms with Crippen LogP contribution in [0.3, 0.4) is 0 Å². The highest BCUT2D eigenvalue weighted by atomic mass is 16.6. The smallest absolute Gasteiger partial charge is 0.274 e. The summed E-state index contributed by atoms with van der Waals surface area (Å²) in [6, 6.07) is 9.01. The summed E-state index contributed by atoms with van der Waals surface area (Å²) in [5.74, 6) is -3.51. The second-order valence-corrected chi connectivity index (χ2v) is 5.16. The lowest BCUT2D eigenvalue weighted by atomic mass is 10.2. The number of carbonyl (C=O) groups excluding carboxylic acids is 1. The van der Waals surface area contributed by atoms with Crippen LogP contribution in [0.2, 0.25) is 0 Å². The van der Waals surface area contributed by atoms with Gasteiger partial charge in [-0.2, -0.15) is 5.06 Å². The second kappa shape index (κ2) is 10.1. The largest absolute Gasteiger partial charge is 0.347 e. The van der Waals surface area contributed by atoms with Crippen LogP contribution in [-0.4, -0.2) is 51.9 Å². The molecule has 0 saturated carbocycles. The molecule has 0 radical (unpaired) electrons. The maximum absolute atomic E-state index is 11.8. The van der Waals surface area contributed by atoms with Gasteiger partial charge in [0.05, 0.1) is 0 Å². The van der Waals surface area contributed by atoms with E-state index in [1.165, 1.54) is 6.08 Å². The van der Waals surface area contributed by atoms with E-state index in [9.17, 15) is 20.2 Å². The molecule has 0 spiro atoms. The lowest BCUT2D eigenvalue weighted by molar-refractivity contribution is -0.342. The van der Waals surface area contributed by atoms with E-state index in [4.69, 9.17) is 5.73 Å². The van der Waals surface area contributed by atoms with E-state index in [1.807, 2.05) is 6.07 Å². The maximum atomic E-state index is 11.8. The van der Waals surface area contributed by atoms with Crippen LogP contribution < -0.4 is 11.1 Å². The minimum absolute atomic E-state index is 0.0632. The maximum Gasteiger partial charge on any atom is 0.274 e. The van der Waals surface area contributed by atoms with Crippen LogP contribution in [0.4, 0.5) is 0 Å². The van der Waals surface area contributed by atoms with Gasteiger partial charge in [-0.1, -0.05) is 30.3 Å². The van der Waals surface area contributed by atoms with Gasteiger partial charge in [0.2, 0.25) is 0 Å². The standard InChI is InChI=1S/C16H25N3O4/c17-11-5-13-18-12-4-10-16(21,22)19(23)15(20)9-8-14-6-2-1-3-7-14/h1-3,6-9,18,21-23H,4-5,10-13,17H2. The third-order valence-electron chi connectivity index (χ3n) is 3.19. The van der Waals surface area contributed by atoms with Crippen molar-refractivity contribution in [3.63, 3.8) is 0 Å². The number of nitrogens with zero attached hydrogens (tertiary/aromatic N) is 1. The molecule has 0 aliphatic rings. The zero-order valence-corrected chi connectivity index (χ0v) is 13.1. The molecule has 1 aromatic rings. The van der Waals surface area contributed by atoms with Crippen molar-refractivity contribution in [2.75, 3.05) is 19.6 Å². The summed E-state index contributed by atoms with van der Waals surface area (Å²) in [6.07, 6.45) is 3.60. The first-order valence-corrected chi connectivity index (χ1v) is 7.59. The quantitative estimate of drug-likeness (QED) is 0.139. The van der Waals surface area contributed by atoms with Crippen molar-refractivity contribution >= 4 is 12.0 Å². The topological polar surface area (TPSA) is 119 Å². The molecule has 0 heterocycles. The molecule has 23 heavy (non-hydrogen) atoms. The van der Waals surface area contributed by atoms with Gasteiger partial charge in [0.15, 0.2) is 0 Å². The Bertz CT molecular complexity index is 491. The van der Waals surface area contributed by atoms with Crippen LogP contribution in [0.5, 0.6) is 0 Å². The van der Waals surface area contributed by atoms with E-state index in [0.29, 0.717) is 19.5 Å². The molecule has 7 nitrogen and oxygen atoms in total. The first kappa shape index (κ1) is 19.3. The number of rotatable bonds is 10. The zero-order chi connectivity index (χ0) is 17.1. The molecule has 0 fully saturated rings. The number of benzene rings is 1. The van der Waals surface area contributed by atoms with E-state index >= 15 is 0 Å². The van der Waals surface area contributed by atoms with Gasteiger partial charge in [0.25, 0.3) is 11.8 Å². The van der Waals surface area contributed by atoms with Crippen LogP contribution >= 0.6 is 0 Å². The molecule has 1 amide bonds. The molecule has 0 unspecified atom stereocenters. The molecule has 0 aliphatic carbocycles. The Morgan fingerprint density at radius 3 is 2.52 bits per heavy atom. The summed E-state index contributed by atoms with van der Waals surface area (Å²) in [5, 5.41) is 32.2. The minimum atomic E-state index is -2.60. The summed E-state index contributed by atoms with van der Waals surface area (Å²) in [4.78, 5) is 11.8. The summed E-state index contributed by atoms with van der Waals surface area (Å²) in [6.45, 7) is 1.86. The van der Waals surface area contributed by atoms with E-state index in [2.05, 4.69) is 5.32 Å². The molecule has 0 aromatic heterocycles. The minimum Gasteiger partial charge on any atom is -0.347 e. The van der Waals surface area contributed by atoms with Gasteiger partial charge < -0.3 is 21.3 Å². The SMILES string of the molecule is NCCCNCCCC(O)(O)N(O)C(=O)C=Cc1ccccc1. The molecule has 0 bridgehead atoms. The van der Waals surface area contributed by atoms with E-state index in [1.54, 1.807) is 24.3 Å². The highest BCUT2D eigenvalue weighted by Gasteiger charge is 2.33. The van der Waals surface area contributed by atoms with Crippen molar-refractivity contribution in [3.05, 3.63) is 42.0 Å². The summed E-state index contributed by atoms with van der Waals surface area (Å²) < 4.78 is 0. The van der Waals surface area contributed by atoms with Crippen molar-refractivity contribution < 1.29 is 20.2 Å². The molecule has 0 atom stereocenters. The molecule has 128 valence electrons. The number of carbonyl (C=O) groups is 1. The number of nitrogens with one attached hydrogen (secondary N) is 1. The number of amides is 1. The first-order valence-electron chi connectivity index (χ1n) is 7.59. The summed E-state index contributed by atoms with van der Waals surface area (Å²) in [5.41, 5.74) is 6.12. The normalized spacial score (nSPS) is 11.8. The van der Waals surface area contributed by atoms with Crippen molar-refractivity contribution in [3.8, 4) is 0 Å². The van der Waals surface area contributed by atoms with Crippen LogP contribution in [0.15, 0.2) is 36.4 Å². The summed E-state index contributed by atoms with van der Waals surface area (Å²) in [7, 11) is 0. The van der Waals surface area contributed by atoms with Crippen molar-refractivity contribution in [1.29, 1.82) is 0 Å². The number of nitrogens with two attached hydrogens (primary N) is 1. The molecule has 0 saturated heterocycles. The number of hydrogen-bond acceptors (Lipinski definition) is 6. The second-order valence-electron chi connectivity index (χ2n) is 5.16. The van der Waals surface area contributed by atoms with Crippen molar-refractivity contribution in [2.24, 2.45) is 5.73 Å². The van der Waals surface area contributed by atoms with Crippen LogP contribution in [0, 0.1) is 0 Å². The molecule has 7 heteroatoms. The number of hydroxylamine groups is 2. The molecule has 6 N–H and O–H groups in total. The van der Waals surface area contributed by atoms with E-state index in [0.717, 1.165) is 24.6 Å². The Balaban J connectivity index is 2.42. The fourth-order valence-corrected chi connectivity index (χ4v) is 1.89. The predicted octanol–water partition coefficient (Wildman–Crippen LogP) is 0.275. The van der Waals surface area contributed by atoms with Gasteiger partial charge in [0, 0.05) is 12.5 Å². The highest BCUT2D eigenvalue weighted by molar-refractivity contribution is 5.91. The fourth-order valence-electron chi connectivity index (χ4n) is 1.89. The van der Waals surface area contributed by atoms with Crippen LogP contribution in [0.25, 0.3) is 6.08 Å². The summed E-state index contributed by atoms with van der Waals surface area (Å²) >= 11 is 0. The third kappa shape index (κ3) is 7.36. The lowest BCUT2D eigenvalue weighted by Crippen LogP contribution is -2.49. The average molecular weight is 323 g/mol. The van der Waals surface area contributed by atoms with Gasteiger partial charge in [-0.25, -0.2) is 0 Å². The van der Waals surface area contributed by atoms with E-state index in [-0.39, 0.29) is 11.5 Å². The van der Waals surface area contributed by atoms with Crippen LogP contribution in [0.1, 0.15) is 24.8 Å². The van der Waals surface area contributed by atoms with Gasteiger partial charge in [-0.15, -0.1) is 0 Å². The van der Waals surface area contributed by atoms with Crippen molar-refractivity contribution in [2.45, 2.75) is 25.2 Å². The number of aliphatic hydroxyl groups is 2. The Kier molecular flexibility index (Phi) is 8.46. The van der Waals surface area contributed by atoms with Gasteiger partial charge in [0.1, 0.15) is 0 Å². The van der Waals surface area contributed by atoms with Crippen molar-refractivity contribution in [1.82, 2.24) is 10.4 Å². The lowest BCUT2D eigenvalue weighted by Gasteiger charge is -2.28. The Hall–Kier alpha value is -1.77. The third-order valence-corrected chi connectivity index (χ3v) is 3.19. The molecule has 0 aliphatic heterocycles. The average Bonchev–Trinajstić information content (AvgIpc) is 2.56. The van der Waals surface area contributed by atoms with Gasteiger partial charge in [-0.05, 0) is 44.1 Å². The fraction of sp³-hybridized carbons (Fsp3) is 0.438. The van der Waals surface area contributed by atoms with E-state index < -0.39 is 11.8 Å². The Labute approximate surface area is 136 Å². The molecular weight excluding hydrogens is 298 g/mol. The molecular formula is C16H25N3O4. The van der Waals surface area contributed by atoms with Gasteiger partial charge in [-0.3, -0.25) is 10.0 Å². The zero-order valence-electron chi connectivity index (χ0n) is 13.1. The van der Waals surface area contributed by atoms with Crippen LogP contribution in [-0.2, 0) is 4.79 Å². The number of hydrogen-bond donors (Lipinski definition) is 5. The molecule has 1 aromatic carbocycles. The first-order chi connectivity index (χ1) is 11.0. The predicted molar refractivity (Wildman–Crippen MR) is 87.1 cm³/mol. The Morgan fingerprint density at radius 1 is 1.22 bits per heavy atom. The van der Waals surface area contributed by atoms with Gasteiger partial charge >= 0.3 is 0 Å². The monoisotopic (exact) mass is 323 g/mol. The Morgan fingerprint density at radius 2 is 1.87 bits per heavy atom. The molecule has 1 rings (SSSR count).